The van der Waals surface area contributed by atoms with Crippen molar-refractivity contribution >= 4 is 27.5 Å². The molecule has 4 heteroatoms. The average molecular weight is 322 g/mol. The molecule has 0 unspecified atom stereocenters. The first kappa shape index (κ1) is 13.9. The second-order valence-corrected chi connectivity index (χ2v) is 5.22. The summed E-state index contributed by atoms with van der Waals surface area (Å²) in [4.78, 5) is 14.2. The summed E-state index contributed by atoms with van der Waals surface area (Å²) >= 11 is 3.22. The number of furan rings is 1. The fourth-order valence-corrected chi connectivity index (χ4v) is 2.30. The predicted octanol–water partition coefficient (Wildman–Crippen LogP) is 4.33. The maximum Gasteiger partial charge on any atom is 0.294 e. The van der Waals surface area contributed by atoms with Crippen LogP contribution in [0.2, 0.25) is 0 Å². The summed E-state index contributed by atoms with van der Waals surface area (Å²) in [5, 5.41) is 0. The van der Waals surface area contributed by atoms with Gasteiger partial charge in [-0.25, -0.2) is 0 Å². The molecule has 0 aliphatic rings. The Balaban J connectivity index is 2.39. The molecular formula is C15H16BrNO2. The van der Waals surface area contributed by atoms with Gasteiger partial charge in [0.05, 0.1) is 0 Å². The molecule has 0 spiro atoms. The van der Waals surface area contributed by atoms with E-state index in [1.807, 2.05) is 39.0 Å². The number of rotatable bonds is 3. The van der Waals surface area contributed by atoms with E-state index in [1.54, 1.807) is 17.0 Å². The number of carbonyl (C=O) groups excluding carboxylic acids is 1. The number of carbonyl (C=O) groups is 1. The Hall–Kier alpha value is -1.55. The third-order valence-corrected chi connectivity index (χ3v) is 3.43. The average Bonchev–Trinajstić information content (AvgIpc) is 2.81. The van der Waals surface area contributed by atoms with Crippen molar-refractivity contribution in [3.8, 4) is 0 Å². The molecule has 0 aliphatic heterocycles. The van der Waals surface area contributed by atoms with E-state index in [9.17, 15) is 4.79 Å². The SMILES string of the molecule is CCN(C(=O)c1ccc(Br)o1)c1cc(C)ccc1C. The van der Waals surface area contributed by atoms with Crippen molar-refractivity contribution in [2.24, 2.45) is 0 Å². The van der Waals surface area contributed by atoms with Crippen molar-refractivity contribution in [3.05, 3.63) is 51.9 Å². The van der Waals surface area contributed by atoms with E-state index >= 15 is 0 Å². The van der Waals surface area contributed by atoms with E-state index in [0.29, 0.717) is 17.0 Å². The molecule has 0 atom stereocenters. The molecule has 0 radical (unpaired) electrons. The lowest BCUT2D eigenvalue weighted by molar-refractivity contribution is 0.0960. The molecule has 2 rings (SSSR count). The van der Waals surface area contributed by atoms with Crippen LogP contribution in [0.15, 0.2) is 39.4 Å². The van der Waals surface area contributed by atoms with Crippen LogP contribution in [-0.4, -0.2) is 12.5 Å². The standard InChI is InChI=1S/C15H16BrNO2/c1-4-17(12-9-10(2)5-6-11(12)3)15(18)13-7-8-14(16)19-13/h5-9H,4H2,1-3H3. The molecule has 1 aromatic heterocycles. The molecular weight excluding hydrogens is 306 g/mol. The van der Waals surface area contributed by atoms with E-state index in [-0.39, 0.29) is 5.91 Å². The van der Waals surface area contributed by atoms with Crippen LogP contribution in [0, 0.1) is 13.8 Å². The predicted molar refractivity (Wildman–Crippen MR) is 79.7 cm³/mol. The van der Waals surface area contributed by atoms with Gasteiger partial charge in [-0.1, -0.05) is 12.1 Å². The smallest absolute Gasteiger partial charge is 0.294 e. The fraction of sp³-hybridized carbons (Fsp3) is 0.267. The van der Waals surface area contributed by atoms with Crippen molar-refractivity contribution in [2.75, 3.05) is 11.4 Å². The number of hydrogen-bond acceptors (Lipinski definition) is 2. The van der Waals surface area contributed by atoms with Crippen molar-refractivity contribution in [2.45, 2.75) is 20.8 Å². The minimum absolute atomic E-state index is 0.123. The van der Waals surface area contributed by atoms with Crippen molar-refractivity contribution in [1.29, 1.82) is 0 Å². The number of benzene rings is 1. The van der Waals surface area contributed by atoms with Gasteiger partial charge in [0.15, 0.2) is 10.4 Å². The molecule has 2 aromatic rings. The quantitative estimate of drug-likeness (QED) is 0.843. The van der Waals surface area contributed by atoms with E-state index in [1.165, 1.54) is 0 Å². The zero-order valence-electron chi connectivity index (χ0n) is 11.2. The fourth-order valence-electron chi connectivity index (χ4n) is 2.00. The Morgan fingerprint density at radius 2 is 2.00 bits per heavy atom. The molecule has 0 saturated heterocycles. The summed E-state index contributed by atoms with van der Waals surface area (Å²) in [6.45, 7) is 6.58. The van der Waals surface area contributed by atoms with Crippen molar-refractivity contribution in [3.63, 3.8) is 0 Å². The maximum absolute atomic E-state index is 12.5. The lowest BCUT2D eigenvalue weighted by atomic mass is 10.1. The van der Waals surface area contributed by atoms with Crippen LogP contribution in [0.5, 0.6) is 0 Å². The largest absolute Gasteiger partial charge is 0.444 e. The normalized spacial score (nSPS) is 10.5. The highest BCUT2D eigenvalue weighted by Crippen LogP contribution is 2.24. The van der Waals surface area contributed by atoms with Gasteiger partial charge in [0.25, 0.3) is 5.91 Å². The second kappa shape index (κ2) is 5.61. The first-order chi connectivity index (χ1) is 9.02. The van der Waals surface area contributed by atoms with Crippen molar-refractivity contribution in [1.82, 2.24) is 0 Å². The zero-order valence-corrected chi connectivity index (χ0v) is 12.8. The number of aryl methyl sites for hydroxylation is 2. The topological polar surface area (TPSA) is 33.5 Å². The summed E-state index contributed by atoms with van der Waals surface area (Å²) in [6, 6.07) is 9.50. The minimum Gasteiger partial charge on any atom is -0.444 e. The van der Waals surface area contributed by atoms with Gasteiger partial charge in [-0.15, -0.1) is 0 Å². The van der Waals surface area contributed by atoms with Crippen LogP contribution in [0.1, 0.15) is 28.6 Å². The number of anilines is 1. The van der Waals surface area contributed by atoms with Gasteiger partial charge in [0.1, 0.15) is 0 Å². The highest BCUT2D eigenvalue weighted by molar-refractivity contribution is 9.10. The zero-order chi connectivity index (χ0) is 14.0. The lowest BCUT2D eigenvalue weighted by Crippen LogP contribution is -2.31. The number of hydrogen-bond donors (Lipinski definition) is 0. The van der Waals surface area contributed by atoms with Crippen LogP contribution in [0.4, 0.5) is 5.69 Å². The van der Waals surface area contributed by atoms with Crippen molar-refractivity contribution < 1.29 is 9.21 Å². The van der Waals surface area contributed by atoms with E-state index in [2.05, 4.69) is 15.9 Å². The first-order valence-corrected chi connectivity index (χ1v) is 6.96. The van der Waals surface area contributed by atoms with Gasteiger partial charge in [0.2, 0.25) is 0 Å². The van der Waals surface area contributed by atoms with Gasteiger partial charge in [-0.2, -0.15) is 0 Å². The van der Waals surface area contributed by atoms with E-state index < -0.39 is 0 Å². The third kappa shape index (κ3) is 2.89. The Morgan fingerprint density at radius 3 is 2.58 bits per heavy atom. The van der Waals surface area contributed by atoms with Gasteiger partial charge in [-0.05, 0) is 66.0 Å². The molecule has 1 amide bonds. The Bertz CT molecular complexity index is 604. The first-order valence-electron chi connectivity index (χ1n) is 6.17. The van der Waals surface area contributed by atoms with E-state index in [0.717, 1.165) is 16.8 Å². The number of amides is 1. The molecule has 0 bridgehead atoms. The van der Waals surface area contributed by atoms with E-state index in [4.69, 9.17) is 4.42 Å². The molecule has 0 fully saturated rings. The highest BCUT2D eigenvalue weighted by atomic mass is 79.9. The lowest BCUT2D eigenvalue weighted by Gasteiger charge is -2.22. The molecule has 19 heavy (non-hydrogen) atoms. The summed E-state index contributed by atoms with van der Waals surface area (Å²) < 4.78 is 5.91. The summed E-state index contributed by atoms with van der Waals surface area (Å²) in [5.74, 6) is 0.219. The summed E-state index contributed by atoms with van der Waals surface area (Å²) in [7, 11) is 0. The minimum atomic E-state index is -0.123. The van der Waals surface area contributed by atoms with Crippen LogP contribution < -0.4 is 4.90 Å². The Labute approximate surface area is 121 Å². The van der Waals surface area contributed by atoms with Gasteiger partial charge in [0, 0.05) is 12.2 Å². The maximum atomic E-state index is 12.5. The molecule has 100 valence electrons. The molecule has 1 heterocycles. The molecule has 1 aromatic carbocycles. The number of halogens is 1. The van der Waals surface area contributed by atoms with Gasteiger partial charge < -0.3 is 9.32 Å². The molecule has 0 aliphatic carbocycles. The highest BCUT2D eigenvalue weighted by Gasteiger charge is 2.20. The number of nitrogens with zero attached hydrogens (tertiary/aromatic N) is 1. The summed E-state index contributed by atoms with van der Waals surface area (Å²) in [5.41, 5.74) is 3.14. The third-order valence-electron chi connectivity index (χ3n) is 3.00. The van der Waals surface area contributed by atoms with Gasteiger partial charge >= 0.3 is 0 Å². The van der Waals surface area contributed by atoms with Crippen LogP contribution in [0.25, 0.3) is 0 Å². The second-order valence-electron chi connectivity index (χ2n) is 4.44. The van der Waals surface area contributed by atoms with Crippen LogP contribution in [-0.2, 0) is 0 Å². The molecule has 0 saturated carbocycles. The summed E-state index contributed by atoms with van der Waals surface area (Å²) in [6.07, 6.45) is 0. The molecule has 3 nitrogen and oxygen atoms in total. The monoisotopic (exact) mass is 321 g/mol. The Kier molecular flexibility index (Phi) is 4.10. The Morgan fingerprint density at radius 1 is 1.26 bits per heavy atom. The van der Waals surface area contributed by atoms with Crippen LogP contribution in [0.3, 0.4) is 0 Å². The molecule has 0 N–H and O–H groups in total. The van der Waals surface area contributed by atoms with Gasteiger partial charge in [-0.3, -0.25) is 4.79 Å². The van der Waals surface area contributed by atoms with Crippen LogP contribution >= 0.6 is 15.9 Å².